The topological polar surface area (TPSA) is 32.3 Å². The fourth-order valence-corrected chi connectivity index (χ4v) is 1.22. The molecule has 0 atom stereocenters. The van der Waals surface area contributed by atoms with Crippen molar-refractivity contribution in [3.63, 3.8) is 0 Å². The third-order valence-corrected chi connectivity index (χ3v) is 1.93. The van der Waals surface area contributed by atoms with E-state index < -0.39 is 0 Å². The monoisotopic (exact) mass is 169 g/mol. The lowest BCUT2D eigenvalue weighted by atomic mass is 10.4. The largest absolute Gasteiger partial charge is 0.337 e. The molecule has 1 radical (unpaired) electrons. The van der Waals surface area contributed by atoms with Crippen LogP contribution >= 0.6 is 0 Å². The molecule has 0 unspecified atom stereocenters. The standard InChI is InChI=1S/C9H17N2O/c1-8(2)10-7-9(12)11-5-3-4-6-11/h5,8,10H,3-4,6-7H2,1-2H3. The molecule has 69 valence electrons. The van der Waals surface area contributed by atoms with Crippen LogP contribution < -0.4 is 5.32 Å². The van der Waals surface area contributed by atoms with Gasteiger partial charge in [0.15, 0.2) is 0 Å². The van der Waals surface area contributed by atoms with E-state index in [0.717, 1.165) is 19.4 Å². The first kappa shape index (κ1) is 9.52. The molecule has 0 aromatic rings. The molecule has 1 heterocycles. The third-order valence-electron chi connectivity index (χ3n) is 1.93. The van der Waals surface area contributed by atoms with Crippen molar-refractivity contribution in [1.82, 2.24) is 10.2 Å². The van der Waals surface area contributed by atoms with Gasteiger partial charge in [-0.1, -0.05) is 13.8 Å². The molecule has 0 spiro atoms. The number of nitrogens with one attached hydrogen (secondary N) is 1. The van der Waals surface area contributed by atoms with Crippen molar-refractivity contribution >= 4 is 5.91 Å². The van der Waals surface area contributed by atoms with Gasteiger partial charge in [0.1, 0.15) is 0 Å². The molecule has 12 heavy (non-hydrogen) atoms. The van der Waals surface area contributed by atoms with Gasteiger partial charge in [-0.05, 0) is 12.8 Å². The highest BCUT2D eigenvalue weighted by atomic mass is 16.2. The zero-order valence-electron chi connectivity index (χ0n) is 7.84. The van der Waals surface area contributed by atoms with Crippen molar-refractivity contribution in [2.24, 2.45) is 0 Å². The summed E-state index contributed by atoms with van der Waals surface area (Å²) in [6.45, 7) is 7.44. The van der Waals surface area contributed by atoms with Crippen molar-refractivity contribution in [2.45, 2.75) is 32.7 Å². The normalized spacial score (nSPS) is 17.4. The molecule has 1 N–H and O–H groups in total. The van der Waals surface area contributed by atoms with Crippen LogP contribution in [0.4, 0.5) is 0 Å². The first-order chi connectivity index (χ1) is 5.70. The van der Waals surface area contributed by atoms with Crippen LogP contribution in [0.25, 0.3) is 0 Å². The molecular weight excluding hydrogens is 152 g/mol. The van der Waals surface area contributed by atoms with Crippen molar-refractivity contribution in [3.8, 4) is 0 Å². The Hall–Kier alpha value is -0.570. The maximum atomic E-state index is 11.4. The van der Waals surface area contributed by atoms with E-state index >= 15 is 0 Å². The lowest BCUT2D eigenvalue weighted by Crippen LogP contribution is -2.37. The van der Waals surface area contributed by atoms with Gasteiger partial charge in [0.05, 0.1) is 13.1 Å². The zero-order valence-corrected chi connectivity index (χ0v) is 7.84. The number of likely N-dealkylation sites (tertiary alicyclic amines) is 1. The van der Waals surface area contributed by atoms with Crippen LogP contribution in [-0.4, -0.2) is 29.9 Å². The average molecular weight is 169 g/mol. The molecule has 1 rings (SSSR count). The second-order valence-corrected chi connectivity index (χ2v) is 3.45. The van der Waals surface area contributed by atoms with E-state index in [1.807, 2.05) is 25.3 Å². The van der Waals surface area contributed by atoms with Gasteiger partial charge in [0, 0.05) is 12.6 Å². The highest BCUT2D eigenvalue weighted by Gasteiger charge is 2.17. The maximum absolute atomic E-state index is 11.4. The summed E-state index contributed by atoms with van der Waals surface area (Å²) in [5.41, 5.74) is 0. The molecule has 1 fully saturated rings. The van der Waals surface area contributed by atoms with Gasteiger partial charge >= 0.3 is 0 Å². The number of carbonyl (C=O) groups excluding carboxylic acids is 1. The third kappa shape index (κ3) is 2.81. The first-order valence-corrected chi connectivity index (χ1v) is 4.56. The molecule has 0 aliphatic carbocycles. The first-order valence-electron chi connectivity index (χ1n) is 4.56. The smallest absolute Gasteiger partial charge is 0.236 e. The van der Waals surface area contributed by atoms with Gasteiger partial charge in [0.25, 0.3) is 0 Å². The summed E-state index contributed by atoms with van der Waals surface area (Å²) in [5, 5.41) is 3.11. The zero-order chi connectivity index (χ0) is 8.97. The molecule has 1 aliphatic heterocycles. The Labute approximate surface area is 74.1 Å². The van der Waals surface area contributed by atoms with Gasteiger partial charge in [-0.2, -0.15) is 0 Å². The summed E-state index contributed by atoms with van der Waals surface area (Å²) in [4.78, 5) is 13.2. The van der Waals surface area contributed by atoms with Crippen molar-refractivity contribution < 1.29 is 4.79 Å². The molecule has 0 saturated carbocycles. The van der Waals surface area contributed by atoms with Crippen LogP contribution in [0.2, 0.25) is 0 Å². The predicted octanol–water partition coefficient (Wildman–Crippen LogP) is 0.769. The summed E-state index contributed by atoms with van der Waals surface area (Å²) >= 11 is 0. The van der Waals surface area contributed by atoms with Crippen LogP contribution in [-0.2, 0) is 4.79 Å². The predicted molar refractivity (Wildman–Crippen MR) is 48.4 cm³/mol. The minimum atomic E-state index is 0.196. The number of hydrogen-bond donors (Lipinski definition) is 1. The Morgan fingerprint density at radius 3 is 2.92 bits per heavy atom. The molecule has 0 aromatic heterocycles. The SMILES string of the molecule is CC(C)NCC(=O)N1[CH]CCC1. The Morgan fingerprint density at radius 2 is 2.42 bits per heavy atom. The van der Waals surface area contributed by atoms with Gasteiger partial charge in [-0.25, -0.2) is 0 Å². The van der Waals surface area contributed by atoms with Crippen molar-refractivity contribution in [1.29, 1.82) is 0 Å². The Kier molecular flexibility index (Phi) is 3.53. The Bertz CT molecular complexity index is 151. The van der Waals surface area contributed by atoms with Gasteiger partial charge in [0.2, 0.25) is 5.91 Å². The molecule has 1 aliphatic rings. The second-order valence-electron chi connectivity index (χ2n) is 3.45. The fraction of sp³-hybridized carbons (Fsp3) is 0.778. The molecule has 0 aromatic carbocycles. The van der Waals surface area contributed by atoms with Crippen LogP contribution in [0.1, 0.15) is 26.7 Å². The summed E-state index contributed by atoms with van der Waals surface area (Å²) in [6.07, 6.45) is 2.17. The molecule has 1 amide bonds. The molecule has 3 nitrogen and oxygen atoms in total. The van der Waals surface area contributed by atoms with E-state index in [-0.39, 0.29) is 5.91 Å². The summed E-state index contributed by atoms with van der Waals surface area (Å²) < 4.78 is 0. The summed E-state index contributed by atoms with van der Waals surface area (Å²) in [6, 6.07) is 0.386. The minimum Gasteiger partial charge on any atom is -0.337 e. The number of carbonyl (C=O) groups is 1. The van der Waals surface area contributed by atoms with E-state index in [1.54, 1.807) is 0 Å². The summed E-state index contributed by atoms with van der Waals surface area (Å²) in [5.74, 6) is 0.196. The van der Waals surface area contributed by atoms with Crippen LogP contribution in [0, 0.1) is 6.54 Å². The van der Waals surface area contributed by atoms with Gasteiger partial charge in [-0.3, -0.25) is 4.79 Å². The number of hydrogen-bond acceptors (Lipinski definition) is 2. The van der Waals surface area contributed by atoms with E-state index in [0.29, 0.717) is 12.6 Å². The lowest BCUT2D eigenvalue weighted by Gasteiger charge is -2.16. The Balaban J connectivity index is 2.18. The molecule has 0 bridgehead atoms. The quantitative estimate of drug-likeness (QED) is 0.676. The lowest BCUT2D eigenvalue weighted by molar-refractivity contribution is -0.128. The highest BCUT2D eigenvalue weighted by molar-refractivity contribution is 5.79. The van der Waals surface area contributed by atoms with Crippen molar-refractivity contribution in [3.05, 3.63) is 6.54 Å². The van der Waals surface area contributed by atoms with Gasteiger partial charge in [-0.15, -0.1) is 0 Å². The average Bonchev–Trinajstić information content (AvgIpc) is 2.51. The minimum absolute atomic E-state index is 0.196. The van der Waals surface area contributed by atoms with Crippen LogP contribution in [0.3, 0.4) is 0 Å². The number of rotatable bonds is 3. The van der Waals surface area contributed by atoms with Crippen molar-refractivity contribution in [2.75, 3.05) is 13.1 Å². The second kappa shape index (κ2) is 4.45. The molecule has 1 saturated heterocycles. The van der Waals surface area contributed by atoms with Crippen LogP contribution in [0.15, 0.2) is 0 Å². The summed E-state index contributed by atoms with van der Waals surface area (Å²) in [7, 11) is 0. The van der Waals surface area contributed by atoms with E-state index in [9.17, 15) is 4.79 Å². The molecule has 3 heteroatoms. The van der Waals surface area contributed by atoms with E-state index in [2.05, 4.69) is 5.32 Å². The highest BCUT2D eigenvalue weighted by Crippen LogP contribution is 2.11. The number of amides is 1. The fourth-order valence-electron chi connectivity index (χ4n) is 1.22. The Morgan fingerprint density at radius 1 is 1.67 bits per heavy atom. The van der Waals surface area contributed by atoms with E-state index in [1.165, 1.54) is 0 Å². The number of nitrogens with zero attached hydrogens (tertiary/aromatic N) is 1. The maximum Gasteiger partial charge on any atom is 0.236 e. The van der Waals surface area contributed by atoms with Gasteiger partial charge < -0.3 is 10.2 Å². The molecular formula is C9H17N2O. The van der Waals surface area contributed by atoms with E-state index in [4.69, 9.17) is 0 Å². The van der Waals surface area contributed by atoms with Crippen LogP contribution in [0.5, 0.6) is 0 Å².